The van der Waals surface area contributed by atoms with Crippen LogP contribution in [0.2, 0.25) is 0 Å². The number of nitrogens with zero attached hydrogens (tertiary/aromatic N) is 1. The number of benzene rings is 2. The van der Waals surface area contributed by atoms with Gasteiger partial charge < -0.3 is 9.32 Å². The Kier molecular flexibility index (Phi) is 5.39. The highest BCUT2D eigenvalue weighted by molar-refractivity contribution is 7.91. The average molecular weight is 425 g/mol. The van der Waals surface area contributed by atoms with Gasteiger partial charge in [-0.15, -0.1) is 0 Å². The van der Waals surface area contributed by atoms with Crippen LogP contribution in [0.15, 0.2) is 59.2 Å². The Hall–Kier alpha value is -3.06. The average Bonchev–Trinajstić information content (AvgIpc) is 3.24. The first-order chi connectivity index (χ1) is 14.3. The number of hydrogen-bond acceptors (Lipinski definition) is 4. The van der Waals surface area contributed by atoms with Crippen molar-refractivity contribution in [2.75, 3.05) is 11.3 Å². The topological polar surface area (TPSA) is 79.6 Å². The molecule has 0 atom stereocenters. The lowest BCUT2D eigenvalue weighted by atomic mass is 9.99. The fourth-order valence-electron chi connectivity index (χ4n) is 3.73. The molecule has 1 aliphatic rings. The molecule has 6 nitrogen and oxygen atoms in total. The molecule has 3 aromatic rings. The van der Waals surface area contributed by atoms with Gasteiger partial charge in [0.1, 0.15) is 0 Å². The number of carbonyl (C=O) groups is 1. The Morgan fingerprint density at radius 2 is 1.93 bits per heavy atom. The monoisotopic (exact) mass is 424 g/mol. The molecule has 1 aromatic heterocycles. The molecule has 0 spiro atoms. The summed E-state index contributed by atoms with van der Waals surface area (Å²) in [4.78, 5) is 14.3. The summed E-state index contributed by atoms with van der Waals surface area (Å²) >= 11 is 0. The number of sulfonamides is 1. The highest BCUT2D eigenvalue weighted by Gasteiger charge is 2.24. The van der Waals surface area contributed by atoms with Gasteiger partial charge in [0.2, 0.25) is 10.0 Å². The second-order valence-electron chi connectivity index (χ2n) is 7.73. The minimum atomic E-state index is -3.56. The van der Waals surface area contributed by atoms with Gasteiger partial charge in [-0.1, -0.05) is 29.8 Å². The Labute approximate surface area is 176 Å². The number of rotatable bonds is 5. The van der Waals surface area contributed by atoms with Crippen molar-refractivity contribution in [2.24, 2.45) is 0 Å². The van der Waals surface area contributed by atoms with Gasteiger partial charge in [-0.3, -0.25) is 9.52 Å². The molecule has 156 valence electrons. The van der Waals surface area contributed by atoms with Crippen LogP contribution in [0.25, 0.3) is 0 Å². The van der Waals surface area contributed by atoms with E-state index in [1.807, 2.05) is 44.2 Å². The van der Waals surface area contributed by atoms with E-state index in [1.165, 1.54) is 6.26 Å². The molecule has 0 saturated carbocycles. The summed E-state index contributed by atoms with van der Waals surface area (Å²) in [7, 11) is -3.56. The molecule has 0 radical (unpaired) electrons. The lowest BCUT2D eigenvalue weighted by Crippen LogP contribution is -2.35. The van der Waals surface area contributed by atoms with E-state index >= 15 is 0 Å². The Balaban J connectivity index is 1.51. The fourth-order valence-corrected chi connectivity index (χ4v) is 5.00. The Morgan fingerprint density at radius 1 is 1.10 bits per heavy atom. The van der Waals surface area contributed by atoms with Crippen LogP contribution in [0.3, 0.4) is 0 Å². The molecule has 30 heavy (non-hydrogen) atoms. The molecule has 0 saturated heterocycles. The zero-order chi connectivity index (χ0) is 21.3. The number of furan rings is 1. The van der Waals surface area contributed by atoms with E-state index in [0.29, 0.717) is 24.5 Å². The first-order valence-electron chi connectivity index (χ1n) is 9.82. The fraction of sp³-hybridized carbons (Fsp3) is 0.261. The predicted octanol–water partition coefficient (Wildman–Crippen LogP) is 4.04. The lowest BCUT2D eigenvalue weighted by molar-refractivity contribution is 0.0702. The molecular formula is C23H24N2O4S. The summed E-state index contributed by atoms with van der Waals surface area (Å²) < 4.78 is 33.4. The van der Waals surface area contributed by atoms with Crippen LogP contribution >= 0.6 is 0 Å². The molecule has 0 bridgehead atoms. The van der Waals surface area contributed by atoms with Crippen LogP contribution in [0.1, 0.15) is 38.4 Å². The van der Waals surface area contributed by atoms with Crippen molar-refractivity contribution in [3.63, 3.8) is 0 Å². The van der Waals surface area contributed by atoms with E-state index in [-0.39, 0.29) is 11.7 Å². The van der Waals surface area contributed by atoms with Crippen molar-refractivity contribution in [1.29, 1.82) is 0 Å². The molecule has 7 heteroatoms. The number of hydrogen-bond donors (Lipinski definition) is 1. The van der Waals surface area contributed by atoms with Gasteiger partial charge in [-0.25, -0.2) is 8.42 Å². The first kappa shape index (κ1) is 20.2. The van der Waals surface area contributed by atoms with Gasteiger partial charge in [-0.05, 0) is 66.8 Å². The Bertz CT molecular complexity index is 1180. The molecule has 1 amide bonds. The zero-order valence-corrected chi connectivity index (χ0v) is 17.8. The molecule has 0 unspecified atom stereocenters. The van der Waals surface area contributed by atoms with Gasteiger partial charge in [0.05, 0.1) is 12.0 Å². The third kappa shape index (κ3) is 4.41. The van der Waals surface area contributed by atoms with Crippen molar-refractivity contribution in [1.82, 2.24) is 4.90 Å². The van der Waals surface area contributed by atoms with Crippen molar-refractivity contribution < 1.29 is 17.6 Å². The van der Waals surface area contributed by atoms with E-state index in [9.17, 15) is 13.2 Å². The number of nitrogens with one attached hydrogen (secondary N) is 1. The van der Waals surface area contributed by atoms with Crippen LogP contribution in [0, 0.1) is 13.8 Å². The minimum Gasteiger partial charge on any atom is -0.459 e. The van der Waals surface area contributed by atoms with E-state index in [1.54, 1.807) is 23.1 Å². The largest absolute Gasteiger partial charge is 0.459 e. The third-order valence-electron chi connectivity index (χ3n) is 5.36. The van der Waals surface area contributed by atoms with E-state index < -0.39 is 10.0 Å². The summed E-state index contributed by atoms with van der Waals surface area (Å²) in [6, 6.07) is 14.7. The molecule has 4 rings (SSSR count). The first-order valence-corrected chi connectivity index (χ1v) is 11.5. The predicted molar refractivity (Wildman–Crippen MR) is 116 cm³/mol. The minimum absolute atomic E-state index is 0.0826. The van der Waals surface area contributed by atoms with Crippen molar-refractivity contribution in [3.05, 3.63) is 88.4 Å². The third-order valence-corrected chi connectivity index (χ3v) is 6.60. The second-order valence-corrected chi connectivity index (χ2v) is 9.45. The summed E-state index contributed by atoms with van der Waals surface area (Å²) in [6.45, 7) is 4.88. The molecule has 1 N–H and O–H groups in total. The highest BCUT2D eigenvalue weighted by Crippen LogP contribution is 2.25. The summed E-state index contributed by atoms with van der Waals surface area (Å²) in [5, 5.41) is 0. The van der Waals surface area contributed by atoms with E-state index in [2.05, 4.69) is 4.72 Å². The Morgan fingerprint density at radius 3 is 2.70 bits per heavy atom. The number of carbonyl (C=O) groups excluding carboxylic acids is 1. The van der Waals surface area contributed by atoms with Crippen LogP contribution in [-0.4, -0.2) is 25.8 Å². The maximum atomic E-state index is 12.7. The molecular weight excluding hydrogens is 400 g/mol. The van der Waals surface area contributed by atoms with Crippen LogP contribution in [-0.2, 0) is 28.7 Å². The normalized spacial score (nSPS) is 13.7. The van der Waals surface area contributed by atoms with Gasteiger partial charge >= 0.3 is 0 Å². The van der Waals surface area contributed by atoms with Crippen molar-refractivity contribution >= 4 is 21.6 Å². The van der Waals surface area contributed by atoms with Gasteiger partial charge in [0.25, 0.3) is 5.91 Å². The number of amides is 1. The van der Waals surface area contributed by atoms with Crippen LogP contribution < -0.4 is 4.72 Å². The lowest BCUT2D eigenvalue weighted by Gasteiger charge is -2.28. The van der Waals surface area contributed by atoms with E-state index in [0.717, 1.165) is 34.2 Å². The molecule has 1 aliphatic heterocycles. The van der Waals surface area contributed by atoms with Crippen molar-refractivity contribution in [2.45, 2.75) is 32.6 Å². The van der Waals surface area contributed by atoms with Crippen molar-refractivity contribution in [3.8, 4) is 0 Å². The molecule has 0 aliphatic carbocycles. The number of anilines is 1. The van der Waals surface area contributed by atoms with Gasteiger partial charge in [0, 0.05) is 18.8 Å². The molecule has 0 fully saturated rings. The summed E-state index contributed by atoms with van der Waals surface area (Å²) in [5.74, 6) is 0.0659. The van der Waals surface area contributed by atoms with Crippen LogP contribution in [0.5, 0.6) is 0 Å². The maximum Gasteiger partial charge on any atom is 0.289 e. The SMILES string of the molecule is Cc1ccc(C)c(CS(=O)(=O)Nc2ccc3c(c2)CN(C(=O)c2ccco2)CC3)c1. The maximum absolute atomic E-state index is 12.7. The van der Waals surface area contributed by atoms with Crippen LogP contribution in [0.4, 0.5) is 5.69 Å². The summed E-state index contributed by atoms with van der Waals surface area (Å²) in [5.41, 5.74) is 5.33. The smallest absolute Gasteiger partial charge is 0.289 e. The standard InChI is InChI=1S/C23H24N2O4S/c1-16-5-6-17(2)20(12-16)15-30(27,28)24-21-8-7-18-9-10-25(14-19(18)13-21)23(26)22-4-3-11-29-22/h3-8,11-13,24H,9-10,14-15H2,1-2H3. The van der Waals surface area contributed by atoms with Gasteiger partial charge in [-0.2, -0.15) is 0 Å². The molecule has 2 heterocycles. The highest BCUT2D eigenvalue weighted by atomic mass is 32.2. The number of fused-ring (bicyclic) bond motifs is 1. The second kappa shape index (κ2) is 7.99. The quantitative estimate of drug-likeness (QED) is 0.670. The number of aryl methyl sites for hydroxylation is 2. The van der Waals surface area contributed by atoms with E-state index in [4.69, 9.17) is 4.42 Å². The zero-order valence-electron chi connectivity index (χ0n) is 17.0. The molecule has 2 aromatic carbocycles. The van der Waals surface area contributed by atoms with Gasteiger partial charge in [0.15, 0.2) is 5.76 Å². The summed E-state index contributed by atoms with van der Waals surface area (Å²) in [6.07, 6.45) is 2.20.